The standard InChI is InChI=1S/C24H24N4O6/c1-28-12-14(10-26-28)21(22(30)25-11-20(29)23(31)32)27-24(33)34-13-19-17-8-4-2-6-15(17)16-7-3-5-9-18(16)19/h2-10,12,19-21,29H,11,13H2,1H3,(H,25,30)(H,27,33)(H,31,32). The summed E-state index contributed by atoms with van der Waals surface area (Å²) in [6.07, 6.45) is 0.362. The van der Waals surface area contributed by atoms with Crippen molar-refractivity contribution in [3.8, 4) is 11.1 Å². The monoisotopic (exact) mass is 464 g/mol. The number of nitrogens with zero attached hydrogens (tertiary/aromatic N) is 2. The van der Waals surface area contributed by atoms with Crippen molar-refractivity contribution >= 4 is 18.0 Å². The van der Waals surface area contributed by atoms with Gasteiger partial charge in [-0.05, 0) is 22.3 Å². The van der Waals surface area contributed by atoms with Crippen LogP contribution < -0.4 is 10.6 Å². The number of aromatic nitrogens is 2. The van der Waals surface area contributed by atoms with Crippen LogP contribution in [0.25, 0.3) is 11.1 Å². The first-order valence-corrected chi connectivity index (χ1v) is 10.6. The molecule has 0 aliphatic heterocycles. The SMILES string of the molecule is Cn1cc(C(NC(=O)OCC2c3ccccc3-c3ccccc32)C(=O)NCC(O)C(=O)O)cn1. The maximum Gasteiger partial charge on any atom is 0.408 e. The molecule has 2 unspecified atom stereocenters. The summed E-state index contributed by atoms with van der Waals surface area (Å²) in [6.45, 7) is -0.448. The molecule has 0 saturated carbocycles. The number of aryl methyl sites for hydroxylation is 1. The minimum atomic E-state index is -1.77. The van der Waals surface area contributed by atoms with Crippen LogP contribution in [0.15, 0.2) is 60.9 Å². The fourth-order valence-electron chi connectivity index (χ4n) is 4.03. The van der Waals surface area contributed by atoms with E-state index in [2.05, 4.69) is 15.7 Å². The van der Waals surface area contributed by atoms with Crippen LogP contribution >= 0.6 is 0 Å². The van der Waals surface area contributed by atoms with Crippen molar-refractivity contribution in [3.05, 3.63) is 77.6 Å². The zero-order valence-electron chi connectivity index (χ0n) is 18.3. The Balaban J connectivity index is 1.45. The van der Waals surface area contributed by atoms with Crippen LogP contribution in [0.5, 0.6) is 0 Å². The molecule has 0 fully saturated rings. The van der Waals surface area contributed by atoms with Crippen molar-refractivity contribution in [1.82, 2.24) is 20.4 Å². The van der Waals surface area contributed by atoms with Gasteiger partial charge >= 0.3 is 12.1 Å². The number of aliphatic carboxylic acids is 1. The topological polar surface area (TPSA) is 143 Å². The molecular formula is C24H24N4O6. The van der Waals surface area contributed by atoms with Crippen LogP contribution in [0.2, 0.25) is 0 Å². The van der Waals surface area contributed by atoms with Crippen molar-refractivity contribution in [2.24, 2.45) is 7.05 Å². The third-order valence-corrected chi connectivity index (χ3v) is 5.68. The first kappa shape index (κ1) is 23.0. The van der Waals surface area contributed by atoms with Gasteiger partial charge < -0.3 is 25.6 Å². The van der Waals surface area contributed by atoms with Gasteiger partial charge in [0.15, 0.2) is 6.10 Å². The van der Waals surface area contributed by atoms with E-state index in [9.17, 15) is 19.5 Å². The Kier molecular flexibility index (Phi) is 6.60. The maximum atomic E-state index is 12.7. The predicted octanol–water partition coefficient (Wildman–Crippen LogP) is 1.56. The van der Waals surface area contributed by atoms with Gasteiger partial charge in [0.05, 0.1) is 12.7 Å². The van der Waals surface area contributed by atoms with Gasteiger partial charge in [-0.1, -0.05) is 48.5 Å². The smallest absolute Gasteiger partial charge is 0.408 e. The first-order valence-electron chi connectivity index (χ1n) is 10.6. The average Bonchev–Trinajstić information content (AvgIpc) is 3.40. The molecule has 4 rings (SSSR count). The molecule has 1 aromatic heterocycles. The van der Waals surface area contributed by atoms with E-state index in [0.717, 1.165) is 22.3 Å². The van der Waals surface area contributed by atoms with Gasteiger partial charge in [0.1, 0.15) is 12.6 Å². The normalized spacial score (nSPS) is 13.9. The number of benzene rings is 2. The van der Waals surface area contributed by atoms with Crippen LogP contribution in [-0.2, 0) is 21.4 Å². The van der Waals surface area contributed by atoms with Gasteiger partial charge in [0.2, 0.25) is 5.91 Å². The van der Waals surface area contributed by atoms with Crippen molar-refractivity contribution in [2.75, 3.05) is 13.2 Å². The fraction of sp³-hybridized carbons (Fsp3) is 0.250. The molecule has 1 aliphatic carbocycles. The molecule has 0 spiro atoms. The summed E-state index contributed by atoms with van der Waals surface area (Å²) < 4.78 is 6.97. The number of carboxylic acids is 1. The molecule has 1 aliphatic rings. The van der Waals surface area contributed by atoms with Gasteiger partial charge in [-0.3, -0.25) is 9.48 Å². The molecule has 176 valence electrons. The number of ether oxygens (including phenoxy) is 1. The molecule has 2 aromatic carbocycles. The lowest BCUT2D eigenvalue weighted by molar-refractivity contribution is -0.146. The Morgan fingerprint density at radius 3 is 2.26 bits per heavy atom. The Hall–Kier alpha value is -4.18. The molecule has 0 saturated heterocycles. The third kappa shape index (κ3) is 4.76. The molecule has 0 radical (unpaired) electrons. The molecular weight excluding hydrogens is 440 g/mol. The van der Waals surface area contributed by atoms with E-state index in [-0.39, 0.29) is 12.5 Å². The van der Waals surface area contributed by atoms with Crippen LogP contribution in [0.4, 0.5) is 4.79 Å². The van der Waals surface area contributed by atoms with E-state index >= 15 is 0 Å². The summed E-state index contributed by atoms with van der Waals surface area (Å²) in [5, 5.41) is 27.1. The minimum Gasteiger partial charge on any atom is -0.479 e. The number of carbonyl (C=O) groups excluding carboxylic acids is 2. The Morgan fingerprint density at radius 2 is 1.71 bits per heavy atom. The summed E-state index contributed by atoms with van der Waals surface area (Å²) in [7, 11) is 1.65. The number of carboxylic acid groups (broad SMARTS) is 1. The maximum absolute atomic E-state index is 12.7. The van der Waals surface area contributed by atoms with Gasteiger partial charge in [-0.25, -0.2) is 9.59 Å². The van der Waals surface area contributed by atoms with E-state index in [0.29, 0.717) is 5.56 Å². The highest BCUT2D eigenvalue weighted by Crippen LogP contribution is 2.44. The third-order valence-electron chi connectivity index (χ3n) is 5.68. The second-order valence-electron chi connectivity index (χ2n) is 7.95. The summed E-state index contributed by atoms with van der Waals surface area (Å²) in [5.41, 5.74) is 4.67. The summed E-state index contributed by atoms with van der Waals surface area (Å²) >= 11 is 0. The van der Waals surface area contributed by atoms with Crippen molar-refractivity contribution < 1.29 is 29.3 Å². The number of nitrogens with one attached hydrogen (secondary N) is 2. The molecule has 1 heterocycles. The molecule has 2 atom stereocenters. The molecule has 34 heavy (non-hydrogen) atoms. The Bertz CT molecular complexity index is 1180. The molecule has 0 bridgehead atoms. The number of aliphatic hydroxyl groups excluding tert-OH is 1. The van der Waals surface area contributed by atoms with Crippen LogP contribution in [0.3, 0.4) is 0 Å². The summed E-state index contributed by atoms with van der Waals surface area (Å²) in [6, 6.07) is 14.7. The molecule has 3 aromatic rings. The number of hydrogen-bond donors (Lipinski definition) is 4. The van der Waals surface area contributed by atoms with Gasteiger partial charge in [0, 0.05) is 24.7 Å². The van der Waals surface area contributed by atoms with E-state index in [1.165, 1.54) is 10.9 Å². The van der Waals surface area contributed by atoms with Crippen LogP contribution in [0, 0.1) is 0 Å². The number of amides is 2. The molecule has 10 heteroatoms. The predicted molar refractivity (Wildman–Crippen MR) is 121 cm³/mol. The minimum absolute atomic E-state index is 0.0684. The lowest BCUT2D eigenvalue weighted by Crippen LogP contribution is -2.44. The van der Waals surface area contributed by atoms with E-state index in [4.69, 9.17) is 9.84 Å². The summed E-state index contributed by atoms with van der Waals surface area (Å²) in [5.74, 6) is -2.32. The highest BCUT2D eigenvalue weighted by Gasteiger charge is 2.30. The number of fused-ring (bicyclic) bond motifs is 3. The van der Waals surface area contributed by atoms with Crippen LogP contribution in [-0.4, -0.2) is 57.2 Å². The van der Waals surface area contributed by atoms with Gasteiger partial charge in [0.25, 0.3) is 0 Å². The number of aliphatic hydroxyl groups is 1. The van der Waals surface area contributed by atoms with Crippen LogP contribution in [0.1, 0.15) is 28.7 Å². The van der Waals surface area contributed by atoms with E-state index in [1.807, 2.05) is 48.5 Å². The number of rotatable bonds is 8. The van der Waals surface area contributed by atoms with Crippen molar-refractivity contribution in [2.45, 2.75) is 18.1 Å². The largest absolute Gasteiger partial charge is 0.479 e. The molecule has 10 nitrogen and oxygen atoms in total. The lowest BCUT2D eigenvalue weighted by Gasteiger charge is -2.19. The molecule has 2 amide bonds. The summed E-state index contributed by atoms with van der Waals surface area (Å²) in [4.78, 5) is 36.2. The second-order valence-corrected chi connectivity index (χ2v) is 7.95. The number of carbonyl (C=O) groups is 3. The first-order chi connectivity index (χ1) is 16.3. The number of hydrogen-bond acceptors (Lipinski definition) is 6. The van der Waals surface area contributed by atoms with E-state index in [1.54, 1.807) is 13.2 Å². The number of alkyl carbamates (subject to hydrolysis) is 1. The zero-order valence-corrected chi connectivity index (χ0v) is 18.3. The zero-order chi connectivity index (χ0) is 24.2. The van der Waals surface area contributed by atoms with E-state index < -0.39 is 36.7 Å². The van der Waals surface area contributed by atoms with Gasteiger partial charge in [-0.2, -0.15) is 5.10 Å². The lowest BCUT2D eigenvalue weighted by atomic mass is 9.98. The Morgan fingerprint density at radius 1 is 1.09 bits per heavy atom. The van der Waals surface area contributed by atoms with Crippen molar-refractivity contribution in [3.63, 3.8) is 0 Å². The fourth-order valence-corrected chi connectivity index (χ4v) is 4.03. The Labute approximate surface area is 195 Å². The molecule has 4 N–H and O–H groups in total. The second kappa shape index (κ2) is 9.75. The highest BCUT2D eigenvalue weighted by atomic mass is 16.5. The van der Waals surface area contributed by atoms with Crippen molar-refractivity contribution in [1.29, 1.82) is 0 Å². The average molecular weight is 464 g/mol. The quantitative estimate of drug-likeness (QED) is 0.396. The highest BCUT2D eigenvalue weighted by molar-refractivity contribution is 5.87. The van der Waals surface area contributed by atoms with Gasteiger partial charge in [-0.15, -0.1) is 0 Å².